The highest BCUT2D eigenvalue weighted by Crippen LogP contribution is 2.30. The van der Waals surface area contributed by atoms with E-state index in [2.05, 4.69) is 26.1 Å². The van der Waals surface area contributed by atoms with Crippen LogP contribution in [0.4, 0.5) is 5.82 Å². The van der Waals surface area contributed by atoms with Crippen molar-refractivity contribution in [2.24, 2.45) is 5.92 Å². The molecule has 4 rings (SSSR count). The molecule has 3 fully saturated rings. The van der Waals surface area contributed by atoms with E-state index in [-0.39, 0.29) is 11.9 Å². The van der Waals surface area contributed by atoms with E-state index >= 15 is 0 Å². The second-order valence-electron chi connectivity index (χ2n) is 7.12. The van der Waals surface area contributed by atoms with Gasteiger partial charge in [-0.25, -0.2) is 10.4 Å². The molecular weight excluding hydrogens is 318 g/mol. The van der Waals surface area contributed by atoms with E-state index in [0.29, 0.717) is 18.5 Å². The third-order valence-corrected chi connectivity index (χ3v) is 5.59. The summed E-state index contributed by atoms with van der Waals surface area (Å²) in [7, 11) is 0. The molecule has 1 aromatic heterocycles. The Bertz CT molecular complexity index is 605. The van der Waals surface area contributed by atoms with Crippen LogP contribution in [0.3, 0.4) is 0 Å². The number of carbonyl (C=O) groups excluding carboxylic acids is 1. The summed E-state index contributed by atoms with van der Waals surface area (Å²) in [6, 6.07) is 4.28. The number of carbonyl (C=O) groups is 1. The topological polar surface area (TPSA) is 78.5 Å². The number of pyridine rings is 1. The molecule has 3 atom stereocenters. The normalized spacial score (nSPS) is 29.3. The molecule has 1 amide bonds. The van der Waals surface area contributed by atoms with Gasteiger partial charge in [-0.3, -0.25) is 10.2 Å². The molecule has 3 unspecified atom stereocenters. The summed E-state index contributed by atoms with van der Waals surface area (Å²) in [5, 5.41) is 3.11. The molecule has 3 N–H and O–H groups in total. The largest absolute Gasteiger partial charge is 0.378 e. The number of nitrogens with zero attached hydrogens (tertiary/aromatic N) is 2. The molecule has 0 bridgehead atoms. The van der Waals surface area contributed by atoms with Crippen LogP contribution in [0.2, 0.25) is 0 Å². The lowest BCUT2D eigenvalue weighted by molar-refractivity contribution is -0.124. The van der Waals surface area contributed by atoms with Crippen molar-refractivity contribution in [2.75, 3.05) is 31.2 Å². The van der Waals surface area contributed by atoms with Gasteiger partial charge in [0.2, 0.25) is 5.91 Å². The number of ether oxygens (including phenoxy) is 1. The molecule has 3 heterocycles. The third-order valence-electron chi connectivity index (χ3n) is 5.59. The Morgan fingerprint density at radius 3 is 3.00 bits per heavy atom. The van der Waals surface area contributed by atoms with E-state index in [1.807, 2.05) is 18.3 Å². The quantitative estimate of drug-likeness (QED) is 0.741. The Kier molecular flexibility index (Phi) is 5.14. The van der Waals surface area contributed by atoms with Gasteiger partial charge in [-0.1, -0.05) is 18.9 Å². The minimum absolute atomic E-state index is 0.0821. The van der Waals surface area contributed by atoms with Crippen molar-refractivity contribution in [3.05, 3.63) is 23.9 Å². The van der Waals surface area contributed by atoms with Crippen LogP contribution in [0.25, 0.3) is 0 Å². The van der Waals surface area contributed by atoms with Gasteiger partial charge < -0.3 is 15.0 Å². The maximum absolute atomic E-state index is 12.7. The minimum atomic E-state index is -0.131. The van der Waals surface area contributed by atoms with E-state index in [1.54, 1.807) is 0 Å². The fourth-order valence-corrected chi connectivity index (χ4v) is 4.22. The van der Waals surface area contributed by atoms with Gasteiger partial charge in [0.25, 0.3) is 0 Å². The van der Waals surface area contributed by atoms with Gasteiger partial charge in [0.1, 0.15) is 11.9 Å². The molecule has 7 heteroatoms. The number of hydrogen-bond acceptors (Lipinski definition) is 6. The van der Waals surface area contributed by atoms with Crippen molar-refractivity contribution in [3.63, 3.8) is 0 Å². The average Bonchev–Trinajstić information content (AvgIpc) is 3.11. The van der Waals surface area contributed by atoms with Crippen LogP contribution in [0.1, 0.15) is 31.2 Å². The first-order valence-electron chi connectivity index (χ1n) is 9.38. The standard InChI is InChI=1S/C18H27N5O2/c24-18(16-14-5-1-2-6-15(14)21-22-16)20-12-13-4-3-7-19-17(13)23-8-10-25-11-9-23/h3-4,7,14-16,21-22H,1-2,5-6,8-12H2,(H,20,24). The Labute approximate surface area is 148 Å². The van der Waals surface area contributed by atoms with Crippen molar-refractivity contribution < 1.29 is 9.53 Å². The van der Waals surface area contributed by atoms with Crippen molar-refractivity contribution >= 4 is 11.7 Å². The summed E-state index contributed by atoms with van der Waals surface area (Å²) < 4.78 is 5.42. The van der Waals surface area contributed by atoms with Crippen LogP contribution >= 0.6 is 0 Å². The fraction of sp³-hybridized carbons (Fsp3) is 0.667. The van der Waals surface area contributed by atoms with Gasteiger partial charge in [0.15, 0.2) is 0 Å². The summed E-state index contributed by atoms with van der Waals surface area (Å²) in [6.07, 6.45) is 6.56. The predicted molar refractivity (Wildman–Crippen MR) is 94.9 cm³/mol. The van der Waals surface area contributed by atoms with E-state index in [4.69, 9.17) is 4.74 Å². The van der Waals surface area contributed by atoms with Crippen LogP contribution < -0.4 is 21.1 Å². The van der Waals surface area contributed by atoms with Crippen LogP contribution in [-0.2, 0) is 16.1 Å². The molecule has 25 heavy (non-hydrogen) atoms. The number of nitrogens with one attached hydrogen (secondary N) is 3. The van der Waals surface area contributed by atoms with Crippen molar-refractivity contribution in [2.45, 2.75) is 44.3 Å². The van der Waals surface area contributed by atoms with E-state index in [9.17, 15) is 4.79 Å². The Morgan fingerprint density at radius 1 is 1.28 bits per heavy atom. The van der Waals surface area contributed by atoms with E-state index in [0.717, 1.165) is 50.5 Å². The number of hydrogen-bond donors (Lipinski definition) is 3. The average molecular weight is 345 g/mol. The zero-order chi connectivity index (χ0) is 17.1. The van der Waals surface area contributed by atoms with Gasteiger partial charge in [0.05, 0.1) is 13.2 Å². The Morgan fingerprint density at radius 2 is 2.12 bits per heavy atom. The molecular formula is C18H27N5O2. The summed E-state index contributed by atoms with van der Waals surface area (Å²) in [4.78, 5) is 19.5. The van der Waals surface area contributed by atoms with Crippen molar-refractivity contribution in [3.8, 4) is 0 Å². The summed E-state index contributed by atoms with van der Waals surface area (Å²) in [5.74, 6) is 1.44. The fourth-order valence-electron chi connectivity index (χ4n) is 4.22. The minimum Gasteiger partial charge on any atom is -0.378 e. The predicted octanol–water partition coefficient (Wildman–Crippen LogP) is 0.570. The van der Waals surface area contributed by atoms with Crippen LogP contribution in [0.15, 0.2) is 18.3 Å². The Balaban J connectivity index is 1.39. The first-order valence-corrected chi connectivity index (χ1v) is 9.38. The highest BCUT2D eigenvalue weighted by atomic mass is 16.5. The van der Waals surface area contributed by atoms with Crippen LogP contribution in [0.5, 0.6) is 0 Å². The van der Waals surface area contributed by atoms with Gasteiger partial charge in [-0.15, -0.1) is 0 Å². The van der Waals surface area contributed by atoms with E-state index in [1.165, 1.54) is 12.8 Å². The number of hydrazine groups is 1. The third kappa shape index (κ3) is 3.63. The molecule has 0 spiro atoms. The molecule has 1 saturated carbocycles. The molecule has 2 saturated heterocycles. The number of morpholine rings is 1. The number of anilines is 1. The van der Waals surface area contributed by atoms with Gasteiger partial charge in [-0.05, 0) is 18.9 Å². The van der Waals surface area contributed by atoms with Gasteiger partial charge in [0, 0.05) is 43.4 Å². The Hall–Kier alpha value is -1.70. The smallest absolute Gasteiger partial charge is 0.239 e. The molecule has 2 aliphatic heterocycles. The van der Waals surface area contributed by atoms with Crippen molar-refractivity contribution in [1.29, 1.82) is 0 Å². The highest BCUT2D eigenvalue weighted by molar-refractivity contribution is 5.82. The van der Waals surface area contributed by atoms with E-state index < -0.39 is 0 Å². The number of amides is 1. The second-order valence-corrected chi connectivity index (χ2v) is 7.12. The second kappa shape index (κ2) is 7.68. The van der Waals surface area contributed by atoms with Gasteiger partial charge in [-0.2, -0.15) is 0 Å². The molecule has 1 aromatic rings. The summed E-state index contributed by atoms with van der Waals surface area (Å²) in [6.45, 7) is 3.65. The van der Waals surface area contributed by atoms with Crippen LogP contribution in [-0.4, -0.2) is 49.3 Å². The lowest BCUT2D eigenvalue weighted by Gasteiger charge is -2.29. The maximum Gasteiger partial charge on any atom is 0.239 e. The molecule has 3 aliphatic rings. The molecule has 1 aliphatic carbocycles. The monoisotopic (exact) mass is 345 g/mol. The van der Waals surface area contributed by atoms with Crippen molar-refractivity contribution in [1.82, 2.24) is 21.2 Å². The molecule has 7 nitrogen and oxygen atoms in total. The maximum atomic E-state index is 12.7. The summed E-state index contributed by atoms with van der Waals surface area (Å²) >= 11 is 0. The van der Waals surface area contributed by atoms with Crippen LogP contribution in [0, 0.1) is 5.92 Å². The van der Waals surface area contributed by atoms with Gasteiger partial charge >= 0.3 is 0 Å². The lowest BCUT2D eigenvalue weighted by atomic mass is 9.81. The summed E-state index contributed by atoms with van der Waals surface area (Å²) in [5.41, 5.74) is 7.57. The first kappa shape index (κ1) is 16.8. The zero-order valence-corrected chi connectivity index (χ0v) is 14.5. The first-order chi connectivity index (χ1) is 12.3. The number of rotatable bonds is 4. The SMILES string of the molecule is O=C(NCc1cccnc1N1CCOCC1)C1NNC2CCCCC21. The lowest BCUT2D eigenvalue weighted by Crippen LogP contribution is -2.45. The number of fused-ring (bicyclic) bond motifs is 1. The number of aromatic nitrogens is 1. The highest BCUT2D eigenvalue weighted by Gasteiger charge is 2.40. The molecule has 0 radical (unpaired) electrons. The molecule has 0 aromatic carbocycles. The molecule has 136 valence electrons. The zero-order valence-electron chi connectivity index (χ0n) is 14.5.